The van der Waals surface area contributed by atoms with Gasteiger partial charge in [-0.05, 0) is 0 Å². The van der Waals surface area contributed by atoms with Crippen molar-refractivity contribution >= 4 is 81.5 Å². The van der Waals surface area contributed by atoms with E-state index in [-0.39, 0.29) is 20.1 Å². The minimum Gasteiger partial charge on any atom is -0.248 e. The molecule has 0 N–H and O–H groups in total. The molecule has 0 aromatic rings. The lowest BCUT2D eigenvalue weighted by atomic mass is 10.1. The van der Waals surface area contributed by atoms with Crippen LogP contribution >= 0.6 is 81.5 Å². The fourth-order valence-corrected chi connectivity index (χ4v) is 2.78. The number of allylic oxidation sites excluding steroid dienone is 2. The molecule has 2 unspecified atom stereocenters. The van der Waals surface area contributed by atoms with Crippen LogP contribution in [0.5, 0.6) is 0 Å². The Morgan fingerprint density at radius 1 is 1.07 bits per heavy atom. The van der Waals surface area contributed by atoms with Gasteiger partial charge in [0.1, 0.15) is 5.38 Å². The smallest absolute Gasteiger partial charge is 0.220 e. The average Bonchev–Trinajstić information content (AvgIpc) is 2.21. The van der Waals surface area contributed by atoms with E-state index in [1.807, 2.05) is 0 Å². The Balaban J connectivity index is 3.33. The molecule has 0 radical (unpaired) electrons. The summed E-state index contributed by atoms with van der Waals surface area (Å²) in [5.41, 5.74) is 0. The average molecular weight is 337 g/mol. The van der Waals surface area contributed by atoms with E-state index in [0.717, 1.165) is 0 Å². The Bertz CT molecular complexity index is 322. The van der Waals surface area contributed by atoms with E-state index in [4.69, 9.17) is 81.5 Å². The molecule has 0 bridgehead atoms. The predicted octanol–water partition coefficient (Wildman–Crippen LogP) is 5.09. The Kier molecular flexibility index (Phi) is 4.61. The quantitative estimate of drug-likeness (QED) is 0.606. The number of halogens is 7. The van der Waals surface area contributed by atoms with Gasteiger partial charge in [0, 0.05) is 0 Å². The summed E-state index contributed by atoms with van der Waals surface area (Å²) in [7, 11) is 0. The summed E-state index contributed by atoms with van der Waals surface area (Å²) in [5, 5.41) is -2.79. The van der Waals surface area contributed by atoms with Gasteiger partial charge in [-0.15, -0.1) is 11.6 Å². The Morgan fingerprint density at radius 3 is 2.00 bits per heavy atom. The lowest BCUT2D eigenvalue weighted by Gasteiger charge is -2.32. The van der Waals surface area contributed by atoms with E-state index in [1.54, 1.807) is 0 Å². The molecule has 0 spiro atoms. The molecule has 1 rings (SSSR count). The zero-order valence-corrected chi connectivity index (χ0v) is 11.4. The first-order chi connectivity index (χ1) is 6.36. The van der Waals surface area contributed by atoms with Crippen LogP contribution in [0.1, 0.15) is 0 Å². The number of rotatable bonds is 1. The molecule has 1 aliphatic carbocycles. The maximum Gasteiger partial charge on any atom is 0.220 e. The van der Waals surface area contributed by atoms with Crippen LogP contribution in [-0.4, -0.2) is 10.4 Å². The monoisotopic (exact) mass is 334 g/mol. The molecule has 0 amide bonds. The molecule has 8 heteroatoms. The third-order valence-corrected chi connectivity index (χ3v) is 5.15. The Morgan fingerprint density at radius 2 is 1.57 bits per heavy atom. The van der Waals surface area contributed by atoms with Gasteiger partial charge < -0.3 is 0 Å². The van der Waals surface area contributed by atoms with Crippen molar-refractivity contribution in [2.45, 2.75) is 10.4 Å². The van der Waals surface area contributed by atoms with Crippen LogP contribution in [0.25, 0.3) is 0 Å². The van der Waals surface area contributed by atoms with Crippen molar-refractivity contribution in [3.8, 4) is 0 Å². The first kappa shape index (κ1) is 13.5. The van der Waals surface area contributed by atoms with E-state index < -0.39 is 10.4 Å². The fourth-order valence-electron chi connectivity index (χ4n) is 0.809. The minimum absolute atomic E-state index is 0.0263. The molecule has 1 aliphatic rings. The highest BCUT2D eigenvalue weighted by molar-refractivity contribution is 6.56. The topological polar surface area (TPSA) is 9.23 Å². The molecular weight excluding hydrogens is 336 g/mol. The highest BCUT2D eigenvalue weighted by Crippen LogP contribution is 2.50. The molecule has 0 saturated heterocycles. The molecule has 80 valence electrons. The van der Waals surface area contributed by atoms with Crippen molar-refractivity contribution in [2.75, 3.05) is 0 Å². The summed E-state index contributed by atoms with van der Waals surface area (Å²) in [6.45, 7) is 0. The van der Waals surface area contributed by atoms with Gasteiger partial charge in [0.25, 0.3) is 0 Å². The van der Waals surface area contributed by atoms with Gasteiger partial charge >= 0.3 is 0 Å². The van der Waals surface area contributed by atoms with Gasteiger partial charge in [0.15, 0.2) is 0 Å². The van der Waals surface area contributed by atoms with Gasteiger partial charge in [0.05, 0.1) is 32.0 Å². The van der Waals surface area contributed by atoms with Crippen LogP contribution in [0.3, 0.4) is 0 Å². The molecule has 0 aromatic carbocycles. The Hall–Kier alpha value is 1.47. The first-order valence-electron chi connectivity index (χ1n) is 3.10. The van der Waals surface area contributed by atoms with Crippen molar-refractivity contribution in [3.05, 3.63) is 20.1 Å². The van der Waals surface area contributed by atoms with Gasteiger partial charge in [-0.2, -0.15) is 0 Å². The van der Waals surface area contributed by atoms with Crippen LogP contribution in [0.15, 0.2) is 20.1 Å². The summed E-state index contributed by atoms with van der Waals surface area (Å²) in [6, 6.07) is 0. The van der Waals surface area contributed by atoms with Crippen molar-refractivity contribution < 1.29 is 4.29 Å². The van der Waals surface area contributed by atoms with Crippen molar-refractivity contribution in [1.82, 2.24) is 0 Å². The second-order valence-corrected chi connectivity index (χ2v) is 5.07. The van der Waals surface area contributed by atoms with Crippen molar-refractivity contribution in [1.29, 1.82) is 0 Å². The molecule has 14 heavy (non-hydrogen) atoms. The van der Waals surface area contributed by atoms with E-state index in [0.29, 0.717) is 0 Å². The summed E-state index contributed by atoms with van der Waals surface area (Å²) in [6.07, 6.45) is 0. The largest absolute Gasteiger partial charge is 0.248 e. The van der Waals surface area contributed by atoms with Crippen LogP contribution in [0.2, 0.25) is 0 Å². The molecule has 1 nitrogen and oxygen atoms in total. The van der Waals surface area contributed by atoms with Gasteiger partial charge in [-0.25, -0.2) is 4.29 Å². The molecule has 2 atom stereocenters. The lowest BCUT2D eigenvalue weighted by molar-refractivity contribution is 0.229. The van der Waals surface area contributed by atoms with E-state index in [9.17, 15) is 0 Å². The molecule has 0 fully saturated rings. The summed E-state index contributed by atoms with van der Waals surface area (Å²) < 4.78 is 4.45. The van der Waals surface area contributed by atoms with Gasteiger partial charge in [-0.3, -0.25) is 0 Å². The second-order valence-electron chi connectivity index (χ2n) is 2.37. The van der Waals surface area contributed by atoms with Crippen LogP contribution < -0.4 is 0 Å². The van der Waals surface area contributed by atoms with Gasteiger partial charge in [0.2, 0.25) is 5.06 Å². The normalized spacial score (nSPS) is 34.1. The summed E-state index contributed by atoms with van der Waals surface area (Å²) in [5.74, 6) is 0. The first-order valence-corrected chi connectivity index (χ1v) is 5.73. The fraction of sp³-hybridized carbons (Fsp3) is 0.333. The molecular formula is C6HCl7O. The van der Waals surface area contributed by atoms with E-state index >= 15 is 0 Å². The summed E-state index contributed by atoms with van der Waals surface area (Å²) in [4.78, 5) is 0. The zero-order chi connectivity index (χ0) is 11.1. The maximum atomic E-state index is 5.88. The third kappa shape index (κ3) is 1.99. The highest BCUT2D eigenvalue weighted by Gasteiger charge is 2.48. The predicted molar refractivity (Wildman–Crippen MR) is 62.6 cm³/mol. The van der Waals surface area contributed by atoms with Gasteiger partial charge in [-0.1, -0.05) is 58.0 Å². The van der Waals surface area contributed by atoms with Crippen LogP contribution in [0, 0.1) is 0 Å². The second kappa shape index (κ2) is 4.77. The van der Waals surface area contributed by atoms with E-state index in [1.165, 1.54) is 0 Å². The molecule has 0 heterocycles. The maximum absolute atomic E-state index is 5.88. The van der Waals surface area contributed by atoms with E-state index in [2.05, 4.69) is 4.29 Å². The van der Waals surface area contributed by atoms with Crippen molar-refractivity contribution in [2.24, 2.45) is 0 Å². The third-order valence-electron chi connectivity index (χ3n) is 1.56. The molecule has 0 aliphatic heterocycles. The SMILES string of the molecule is ClOC1(Cl)C(Cl)=C(Cl)C(Cl)=C(Cl)C1Cl. The van der Waals surface area contributed by atoms with Crippen LogP contribution in [-0.2, 0) is 4.29 Å². The van der Waals surface area contributed by atoms with Crippen LogP contribution in [0.4, 0.5) is 0 Å². The van der Waals surface area contributed by atoms with Crippen molar-refractivity contribution in [3.63, 3.8) is 0 Å². The minimum atomic E-state index is -1.70. The number of alkyl halides is 2. The summed E-state index contributed by atoms with van der Waals surface area (Å²) >= 11 is 39.9. The Labute approximate surface area is 116 Å². The molecule has 0 aromatic heterocycles. The lowest BCUT2D eigenvalue weighted by Crippen LogP contribution is -2.37. The number of hydrogen-bond acceptors (Lipinski definition) is 1. The highest BCUT2D eigenvalue weighted by atomic mass is 35.5. The number of hydrogen-bond donors (Lipinski definition) is 0. The molecule has 0 saturated carbocycles. The standard InChI is InChI=1S/C6HCl7O/c7-1-2(8)4(10)6(12,14-13)5(11)3(1)9/h4H. The zero-order valence-electron chi connectivity index (χ0n) is 6.13.